The van der Waals surface area contributed by atoms with E-state index in [0.29, 0.717) is 29.1 Å². The minimum atomic E-state index is -0.216. The quantitative estimate of drug-likeness (QED) is 0.838. The molecule has 2 N–H and O–H groups in total. The largest absolute Gasteiger partial charge is 0.360 e. The van der Waals surface area contributed by atoms with Crippen LogP contribution in [0.25, 0.3) is 0 Å². The van der Waals surface area contributed by atoms with Crippen molar-refractivity contribution < 1.29 is 4.39 Å². The molecule has 6 heteroatoms. The first kappa shape index (κ1) is 15.9. The van der Waals surface area contributed by atoms with E-state index in [4.69, 9.17) is 12.2 Å². The van der Waals surface area contributed by atoms with Crippen LogP contribution in [-0.4, -0.2) is 20.9 Å². The Morgan fingerprint density at radius 3 is 2.78 bits per heavy atom. The van der Waals surface area contributed by atoms with Crippen molar-refractivity contribution in [3.05, 3.63) is 47.9 Å². The average Bonchev–Trinajstić information content (AvgIpc) is 2.97. The van der Waals surface area contributed by atoms with Crippen molar-refractivity contribution in [2.75, 3.05) is 5.32 Å². The third-order valence-corrected chi connectivity index (χ3v) is 4.33. The van der Waals surface area contributed by atoms with Gasteiger partial charge >= 0.3 is 0 Å². The molecule has 0 atom stereocenters. The molecule has 1 aliphatic rings. The molecule has 1 aromatic heterocycles. The molecule has 0 saturated heterocycles. The van der Waals surface area contributed by atoms with Gasteiger partial charge in [0.1, 0.15) is 5.82 Å². The fourth-order valence-electron chi connectivity index (χ4n) is 2.90. The lowest BCUT2D eigenvalue weighted by molar-refractivity contribution is 0.414. The molecule has 2 aromatic rings. The summed E-state index contributed by atoms with van der Waals surface area (Å²) in [5, 5.41) is 11.4. The van der Waals surface area contributed by atoms with Gasteiger partial charge in [-0.1, -0.05) is 37.5 Å². The van der Waals surface area contributed by atoms with Crippen LogP contribution in [0.2, 0.25) is 0 Å². The molecule has 122 valence electrons. The van der Waals surface area contributed by atoms with E-state index in [1.54, 1.807) is 16.8 Å². The highest BCUT2D eigenvalue weighted by molar-refractivity contribution is 7.80. The van der Waals surface area contributed by atoms with Gasteiger partial charge in [0.15, 0.2) is 10.9 Å². The minimum absolute atomic E-state index is 0.216. The smallest absolute Gasteiger partial charge is 0.172 e. The molecule has 23 heavy (non-hydrogen) atoms. The standard InChI is InChI=1S/C17H21FN4S/c18-15-9-5-4-6-13(15)12-22-11-10-16(21-22)20-17(23)19-14-7-2-1-3-8-14/h4-6,9-11,14H,1-3,7-8,12H2,(H2,19,20,21,23). The zero-order valence-electron chi connectivity index (χ0n) is 13.0. The Labute approximate surface area is 141 Å². The van der Waals surface area contributed by atoms with Crippen LogP contribution < -0.4 is 10.6 Å². The Hall–Kier alpha value is -1.95. The molecule has 4 nitrogen and oxygen atoms in total. The van der Waals surface area contributed by atoms with Gasteiger partial charge in [0.2, 0.25) is 0 Å². The van der Waals surface area contributed by atoms with E-state index in [1.165, 1.54) is 38.2 Å². The molecular weight excluding hydrogens is 311 g/mol. The summed E-state index contributed by atoms with van der Waals surface area (Å²) in [4.78, 5) is 0. The number of thiocarbonyl (C=S) groups is 1. The van der Waals surface area contributed by atoms with Gasteiger partial charge in [-0.05, 0) is 31.1 Å². The van der Waals surface area contributed by atoms with E-state index in [-0.39, 0.29) is 5.82 Å². The third-order valence-electron chi connectivity index (χ3n) is 4.11. The topological polar surface area (TPSA) is 41.9 Å². The normalized spacial score (nSPS) is 15.3. The molecule has 0 amide bonds. The summed E-state index contributed by atoms with van der Waals surface area (Å²) in [5.74, 6) is 0.460. The van der Waals surface area contributed by atoms with Crippen LogP contribution in [0.1, 0.15) is 37.7 Å². The average molecular weight is 332 g/mol. The highest BCUT2D eigenvalue weighted by atomic mass is 32.1. The second kappa shape index (κ2) is 7.55. The second-order valence-electron chi connectivity index (χ2n) is 5.92. The molecule has 0 unspecified atom stereocenters. The molecule has 3 rings (SSSR count). The molecule has 0 bridgehead atoms. The van der Waals surface area contributed by atoms with Crippen molar-refractivity contribution in [3.8, 4) is 0 Å². The lowest BCUT2D eigenvalue weighted by atomic mass is 9.96. The van der Waals surface area contributed by atoms with Crippen LogP contribution in [-0.2, 0) is 6.54 Å². The summed E-state index contributed by atoms with van der Waals surface area (Å²) in [7, 11) is 0. The highest BCUT2D eigenvalue weighted by Crippen LogP contribution is 2.17. The number of aromatic nitrogens is 2. The summed E-state index contributed by atoms with van der Waals surface area (Å²) < 4.78 is 15.4. The van der Waals surface area contributed by atoms with Crippen molar-refractivity contribution >= 4 is 23.1 Å². The summed E-state index contributed by atoms with van der Waals surface area (Å²) in [6.07, 6.45) is 8.00. The van der Waals surface area contributed by atoms with Crippen LogP contribution in [0.3, 0.4) is 0 Å². The first-order valence-corrected chi connectivity index (χ1v) is 8.46. The van der Waals surface area contributed by atoms with Crippen molar-refractivity contribution in [2.24, 2.45) is 0 Å². The van der Waals surface area contributed by atoms with E-state index in [0.717, 1.165) is 0 Å². The summed E-state index contributed by atoms with van der Waals surface area (Å²) >= 11 is 5.35. The number of nitrogens with one attached hydrogen (secondary N) is 2. The van der Waals surface area contributed by atoms with Gasteiger partial charge in [-0.2, -0.15) is 5.10 Å². The Morgan fingerprint density at radius 2 is 2.00 bits per heavy atom. The van der Waals surface area contributed by atoms with E-state index in [2.05, 4.69) is 15.7 Å². The van der Waals surface area contributed by atoms with Gasteiger partial charge in [-0.3, -0.25) is 4.68 Å². The van der Waals surface area contributed by atoms with E-state index in [1.807, 2.05) is 18.3 Å². The maximum atomic E-state index is 13.7. The van der Waals surface area contributed by atoms with Gasteiger partial charge < -0.3 is 10.6 Å². The van der Waals surface area contributed by atoms with Gasteiger partial charge in [-0.25, -0.2) is 4.39 Å². The zero-order valence-corrected chi connectivity index (χ0v) is 13.8. The van der Waals surface area contributed by atoms with Gasteiger partial charge in [0, 0.05) is 23.9 Å². The van der Waals surface area contributed by atoms with Crippen LogP contribution in [0.5, 0.6) is 0 Å². The molecule has 0 spiro atoms. The number of hydrogen-bond acceptors (Lipinski definition) is 2. The molecular formula is C17H21FN4S. The third kappa shape index (κ3) is 4.51. The van der Waals surface area contributed by atoms with Crippen molar-refractivity contribution in [3.63, 3.8) is 0 Å². The predicted molar refractivity (Wildman–Crippen MR) is 94.0 cm³/mol. The van der Waals surface area contributed by atoms with Crippen molar-refractivity contribution in [1.82, 2.24) is 15.1 Å². The van der Waals surface area contributed by atoms with Crippen molar-refractivity contribution in [1.29, 1.82) is 0 Å². The van der Waals surface area contributed by atoms with E-state index in [9.17, 15) is 4.39 Å². The fraction of sp³-hybridized carbons (Fsp3) is 0.412. The molecule has 1 aromatic carbocycles. The van der Waals surface area contributed by atoms with Crippen LogP contribution >= 0.6 is 12.2 Å². The van der Waals surface area contributed by atoms with Crippen LogP contribution in [0.4, 0.5) is 10.2 Å². The number of nitrogens with zero attached hydrogens (tertiary/aromatic N) is 2. The van der Waals surface area contributed by atoms with E-state index >= 15 is 0 Å². The lowest BCUT2D eigenvalue weighted by Gasteiger charge is -2.24. The number of anilines is 1. The predicted octanol–water partition coefficient (Wildman–Crippen LogP) is 3.69. The molecule has 0 aliphatic heterocycles. The minimum Gasteiger partial charge on any atom is -0.360 e. The van der Waals surface area contributed by atoms with Crippen LogP contribution in [0.15, 0.2) is 36.5 Å². The number of rotatable bonds is 4. The van der Waals surface area contributed by atoms with E-state index < -0.39 is 0 Å². The number of hydrogen-bond donors (Lipinski definition) is 2. The Morgan fingerprint density at radius 1 is 1.22 bits per heavy atom. The van der Waals surface area contributed by atoms with Crippen molar-refractivity contribution in [2.45, 2.75) is 44.7 Å². The molecule has 0 radical (unpaired) electrons. The number of halogens is 1. The number of benzene rings is 1. The molecule has 1 saturated carbocycles. The van der Waals surface area contributed by atoms with Gasteiger partial charge in [0.05, 0.1) is 6.54 Å². The highest BCUT2D eigenvalue weighted by Gasteiger charge is 2.14. The first-order valence-electron chi connectivity index (χ1n) is 8.05. The Bertz CT molecular complexity index is 664. The summed E-state index contributed by atoms with van der Waals surface area (Å²) in [5.41, 5.74) is 0.616. The first-order chi connectivity index (χ1) is 11.2. The fourth-order valence-corrected chi connectivity index (χ4v) is 3.17. The summed E-state index contributed by atoms with van der Waals surface area (Å²) in [6.45, 7) is 0.400. The monoisotopic (exact) mass is 332 g/mol. The Balaban J connectivity index is 1.54. The molecule has 1 heterocycles. The maximum absolute atomic E-state index is 13.7. The van der Waals surface area contributed by atoms with Gasteiger partial charge in [-0.15, -0.1) is 0 Å². The zero-order chi connectivity index (χ0) is 16.1. The second-order valence-corrected chi connectivity index (χ2v) is 6.33. The summed E-state index contributed by atoms with van der Waals surface area (Å²) in [6, 6.07) is 9.04. The maximum Gasteiger partial charge on any atom is 0.172 e. The SMILES string of the molecule is Fc1ccccc1Cn1ccc(NC(=S)NC2CCCCC2)n1. The molecule has 1 aliphatic carbocycles. The Kier molecular flexibility index (Phi) is 5.23. The molecule has 1 fully saturated rings. The lowest BCUT2D eigenvalue weighted by Crippen LogP contribution is -2.38. The van der Waals surface area contributed by atoms with Gasteiger partial charge in [0.25, 0.3) is 0 Å². The van der Waals surface area contributed by atoms with Crippen LogP contribution in [0, 0.1) is 5.82 Å².